The number of ether oxygens (including phenoxy) is 1. The van der Waals surface area contributed by atoms with E-state index in [-0.39, 0.29) is 24.0 Å². The van der Waals surface area contributed by atoms with E-state index in [4.69, 9.17) is 4.74 Å². The first-order valence-electron chi connectivity index (χ1n) is 7.66. The smallest absolute Gasteiger partial charge is 0.410 e. The lowest BCUT2D eigenvalue weighted by Crippen LogP contribution is -2.59. The number of rotatable bonds is 1. The van der Waals surface area contributed by atoms with Gasteiger partial charge in [0.25, 0.3) is 0 Å². The lowest BCUT2D eigenvalue weighted by Gasteiger charge is -2.44. The maximum atomic E-state index is 14.2. The molecule has 0 aromatic carbocycles. The first-order chi connectivity index (χ1) is 10.6. The maximum Gasteiger partial charge on any atom is 0.410 e. The molecule has 0 aliphatic carbocycles. The summed E-state index contributed by atoms with van der Waals surface area (Å²) in [4.78, 5) is 20.1. The summed E-state index contributed by atoms with van der Waals surface area (Å²) in [5, 5.41) is 0. The Bertz CT molecular complexity index is 591. The van der Waals surface area contributed by atoms with Gasteiger partial charge in [-0.1, -0.05) is 0 Å². The minimum absolute atomic E-state index is 0.0538. The van der Waals surface area contributed by atoms with Gasteiger partial charge in [-0.25, -0.2) is 14.2 Å². The SMILES string of the molecule is CC1CN(c2ncc(Br)cc2F)C(C)CN1C(=O)OC(C)(C)C. The summed E-state index contributed by atoms with van der Waals surface area (Å²) in [7, 11) is 0. The highest BCUT2D eigenvalue weighted by Gasteiger charge is 2.35. The third-order valence-corrected chi connectivity index (χ3v) is 4.11. The van der Waals surface area contributed by atoms with E-state index in [0.717, 1.165) is 0 Å². The number of hydrogen-bond acceptors (Lipinski definition) is 4. The first kappa shape index (κ1) is 18.0. The Labute approximate surface area is 144 Å². The van der Waals surface area contributed by atoms with Crippen LogP contribution in [0.3, 0.4) is 0 Å². The molecular formula is C16H23BrFN3O2. The van der Waals surface area contributed by atoms with Crippen molar-refractivity contribution < 1.29 is 13.9 Å². The Morgan fingerprint density at radius 2 is 2.00 bits per heavy atom. The van der Waals surface area contributed by atoms with Crippen molar-refractivity contribution in [2.75, 3.05) is 18.0 Å². The number of halogens is 2. The van der Waals surface area contributed by atoms with Crippen LogP contribution in [0, 0.1) is 5.82 Å². The molecule has 1 aliphatic heterocycles. The number of anilines is 1. The zero-order chi connectivity index (χ0) is 17.4. The maximum absolute atomic E-state index is 14.2. The fraction of sp³-hybridized carbons (Fsp3) is 0.625. The van der Waals surface area contributed by atoms with Gasteiger partial charge in [-0.2, -0.15) is 0 Å². The largest absolute Gasteiger partial charge is 0.444 e. The number of pyridine rings is 1. The van der Waals surface area contributed by atoms with Crippen LogP contribution in [0.2, 0.25) is 0 Å². The fourth-order valence-electron chi connectivity index (χ4n) is 2.62. The fourth-order valence-corrected chi connectivity index (χ4v) is 2.92. The van der Waals surface area contributed by atoms with Crippen molar-refractivity contribution >= 4 is 27.8 Å². The predicted molar refractivity (Wildman–Crippen MR) is 91.1 cm³/mol. The normalized spacial score (nSPS) is 22.2. The average molecular weight is 388 g/mol. The van der Waals surface area contributed by atoms with Crippen LogP contribution in [0.1, 0.15) is 34.6 Å². The summed E-state index contributed by atoms with van der Waals surface area (Å²) in [6, 6.07) is 1.26. The molecule has 1 saturated heterocycles. The van der Waals surface area contributed by atoms with Gasteiger partial charge in [-0.3, -0.25) is 0 Å². The van der Waals surface area contributed by atoms with E-state index in [1.54, 1.807) is 11.1 Å². The Hall–Kier alpha value is -1.37. The molecule has 1 aromatic heterocycles. The van der Waals surface area contributed by atoms with Gasteiger partial charge in [0.1, 0.15) is 5.60 Å². The lowest BCUT2D eigenvalue weighted by atomic mass is 10.1. The summed E-state index contributed by atoms with van der Waals surface area (Å²) >= 11 is 3.21. The highest BCUT2D eigenvalue weighted by atomic mass is 79.9. The number of amides is 1. The molecule has 2 rings (SSSR count). The number of piperazine rings is 1. The molecule has 7 heteroatoms. The minimum atomic E-state index is -0.531. The van der Waals surface area contributed by atoms with Gasteiger partial charge in [0, 0.05) is 35.8 Å². The Morgan fingerprint density at radius 1 is 1.35 bits per heavy atom. The van der Waals surface area contributed by atoms with Gasteiger partial charge >= 0.3 is 6.09 Å². The molecular weight excluding hydrogens is 365 g/mol. The second-order valence-electron chi connectivity index (χ2n) is 6.94. The van der Waals surface area contributed by atoms with Crippen LogP contribution in [0.5, 0.6) is 0 Å². The summed E-state index contributed by atoms with van der Waals surface area (Å²) in [5.41, 5.74) is -0.531. The number of hydrogen-bond donors (Lipinski definition) is 0. The first-order valence-corrected chi connectivity index (χ1v) is 8.45. The monoisotopic (exact) mass is 387 g/mol. The molecule has 128 valence electrons. The van der Waals surface area contributed by atoms with Crippen LogP contribution in [0.15, 0.2) is 16.7 Å². The number of carbonyl (C=O) groups is 1. The lowest BCUT2D eigenvalue weighted by molar-refractivity contribution is 0.0129. The van der Waals surface area contributed by atoms with Crippen molar-refractivity contribution in [2.45, 2.75) is 52.3 Å². The van der Waals surface area contributed by atoms with E-state index in [2.05, 4.69) is 20.9 Å². The van der Waals surface area contributed by atoms with E-state index in [1.807, 2.05) is 39.5 Å². The molecule has 0 radical (unpaired) electrons. The number of aromatic nitrogens is 1. The van der Waals surface area contributed by atoms with E-state index >= 15 is 0 Å². The van der Waals surface area contributed by atoms with Crippen molar-refractivity contribution in [1.82, 2.24) is 9.88 Å². The van der Waals surface area contributed by atoms with Crippen LogP contribution in [0.25, 0.3) is 0 Å². The predicted octanol–water partition coefficient (Wildman–Crippen LogP) is 3.82. The van der Waals surface area contributed by atoms with Crippen molar-refractivity contribution in [1.29, 1.82) is 0 Å². The van der Waals surface area contributed by atoms with E-state index in [1.165, 1.54) is 6.07 Å². The summed E-state index contributed by atoms with van der Waals surface area (Å²) in [5.74, 6) is -0.0551. The molecule has 1 fully saturated rings. The Morgan fingerprint density at radius 3 is 2.57 bits per heavy atom. The van der Waals surface area contributed by atoms with Crippen LogP contribution in [0.4, 0.5) is 15.0 Å². The van der Waals surface area contributed by atoms with Crippen LogP contribution < -0.4 is 4.90 Å². The van der Waals surface area contributed by atoms with Gasteiger partial charge in [0.15, 0.2) is 11.6 Å². The second-order valence-corrected chi connectivity index (χ2v) is 7.86. The van der Waals surface area contributed by atoms with Crippen LogP contribution in [-0.2, 0) is 4.74 Å². The molecule has 2 atom stereocenters. The molecule has 1 aliphatic rings. The van der Waals surface area contributed by atoms with Gasteiger partial charge < -0.3 is 14.5 Å². The molecule has 2 heterocycles. The zero-order valence-corrected chi connectivity index (χ0v) is 15.7. The number of nitrogens with zero attached hydrogens (tertiary/aromatic N) is 3. The van der Waals surface area contributed by atoms with E-state index in [9.17, 15) is 9.18 Å². The molecule has 0 N–H and O–H groups in total. The van der Waals surface area contributed by atoms with Crippen LogP contribution in [-0.4, -0.2) is 46.8 Å². The highest BCUT2D eigenvalue weighted by Crippen LogP contribution is 2.26. The van der Waals surface area contributed by atoms with Gasteiger partial charge in [-0.05, 0) is 56.6 Å². The average Bonchev–Trinajstić information content (AvgIpc) is 2.39. The molecule has 1 aromatic rings. The highest BCUT2D eigenvalue weighted by molar-refractivity contribution is 9.10. The third kappa shape index (κ3) is 4.34. The van der Waals surface area contributed by atoms with E-state index < -0.39 is 5.60 Å². The van der Waals surface area contributed by atoms with Gasteiger partial charge in [-0.15, -0.1) is 0 Å². The number of carbonyl (C=O) groups excluding carboxylic acids is 1. The zero-order valence-electron chi connectivity index (χ0n) is 14.1. The summed E-state index contributed by atoms with van der Waals surface area (Å²) in [6.07, 6.45) is 1.25. The Balaban J connectivity index is 2.14. The second kappa shape index (κ2) is 6.63. The van der Waals surface area contributed by atoms with Crippen molar-refractivity contribution in [2.24, 2.45) is 0 Å². The van der Waals surface area contributed by atoms with E-state index in [0.29, 0.717) is 23.4 Å². The topological polar surface area (TPSA) is 45.7 Å². The molecule has 5 nitrogen and oxygen atoms in total. The van der Waals surface area contributed by atoms with Gasteiger partial charge in [0.2, 0.25) is 0 Å². The van der Waals surface area contributed by atoms with Gasteiger partial charge in [0.05, 0.1) is 0 Å². The van der Waals surface area contributed by atoms with Crippen molar-refractivity contribution in [3.8, 4) is 0 Å². The summed E-state index contributed by atoms with van der Waals surface area (Å²) in [6.45, 7) is 10.4. The molecule has 0 spiro atoms. The minimum Gasteiger partial charge on any atom is -0.444 e. The molecule has 2 unspecified atom stereocenters. The summed E-state index contributed by atoms with van der Waals surface area (Å²) < 4.78 is 20.2. The quantitative estimate of drug-likeness (QED) is 0.734. The molecule has 1 amide bonds. The molecule has 0 saturated carbocycles. The Kier molecular flexibility index (Phi) is 5.18. The van der Waals surface area contributed by atoms with Crippen molar-refractivity contribution in [3.05, 3.63) is 22.6 Å². The standard InChI is InChI=1S/C16H23BrFN3O2/c1-10-9-21(15(22)23-16(3,4)5)11(2)8-20(10)14-13(18)6-12(17)7-19-14/h6-7,10-11H,8-9H2,1-5H3. The van der Waals surface area contributed by atoms with Crippen LogP contribution >= 0.6 is 15.9 Å². The molecule has 0 bridgehead atoms. The third-order valence-electron chi connectivity index (χ3n) is 3.67. The van der Waals surface area contributed by atoms with Crippen molar-refractivity contribution in [3.63, 3.8) is 0 Å². The molecule has 23 heavy (non-hydrogen) atoms.